The molecule has 3 rings (SSSR count). The number of carbonyl (C=O) groups excluding carboxylic acids is 1. The van der Waals surface area contributed by atoms with Crippen LogP contribution in [0.15, 0.2) is 15.0 Å². The van der Waals surface area contributed by atoms with Crippen LogP contribution in [0.2, 0.25) is 0 Å². The highest BCUT2D eigenvalue weighted by molar-refractivity contribution is 7.18. The molecule has 132 valence electrons. The van der Waals surface area contributed by atoms with Gasteiger partial charge in [-0.15, -0.1) is 11.3 Å². The van der Waals surface area contributed by atoms with E-state index in [1.165, 1.54) is 15.9 Å². The lowest BCUT2D eigenvalue weighted by Gasteiger charge is -2.13. The summed E-state index contributed by atoms with van der Waals surface area (Å²) in [7, 11) is 0. The molecule has 25 heavy (non-hydrogen) atoms. The van der Waals surface area contributed by atoms with Gasteiger partial charge in [0.15, 0.2) is 11.9 Å². The topological polar surface area (TPSA) is 94.0 Å². The van der Waals surface area contributed by atoms with E-state index in [1.54, 1.807) is 19.2 Å². The zero-order valence-electron chi connectivity index (χ0n) is 14.2. The molecule has 0 bridgehead atoms. The first-order valence-electron chi connectivity index (χ1n) is 7.62. The molecule has 1 atom stereocenters. The third-order valence-corrected chi connectivity index (χ3v) is 6.00. The number of aromatic amines is 1. The van der Waals surface area contributed by atoms with E-state index in [9.17, 15) is 14.4 Å². The van der Waals surface area contributed by atoms with E-state index in [0.717, 1.165) is 21.8 Å². The molecule has 0 amide bonds. The van der Waals surface area contributed by atoms with Crippen molar-refractivity contribution < 1.29 is 9.53 Å². The van der Waals surface area contributed by atoms with Gasteiger partial charge in [-0.05, 0) is 33.3 Å². The molecule has 0 saturated carbocycles. The normalized spacial score (nSPS) is 12.5. The van der Waals surface area contributed by atoms with Gasteiger partial charge in [0, 0.05) is 16.0 Å². The average molecular weight is 379 g/mol. The lowest BCUT2D eigenvalue weighted by molar-refractivity contribution is -0.149. The molecule has 9 heteroatoms. The SMILES string of the molecule is Cc1sc2nc([C@H](C)OC(=O)Cn3c(C)csc3=O)[nH]c(=O)c2c1C. The Balaban J connectivity index is 1.82. The third-order valence-electron chi connectivity index (χ3n) is 4.01. The zero-order valence-corrected chi connectivity index (χ0v) is 15.8. The quantitative estimate of drug-likeness (QED) is 0.703. The first kappa shape index (κ1) is 17.6. The van der Waals surface area contributed by atoms with Gasteiger partial charge in [-0.25, -0.2) is 4.98 Å². The number of nitrogens with zero attached hydrogens (tertiary/aromatic N) is 2. The smallest absolute Gasteiger partial charge is 0.326 e. The summed E-state index contributed by atoms with van der Waals surface area (Å²) in [6.45, 7) is 7.05. The van der Waals surface area contributed by atoms with Crippen LogP contribution >= 0.6 is 22.7 Å². The van der Waals surface area contributed by atoms with Crippen LogP contribution in [0.4, 0.5) is 0 Å². The van der Waals surface area contributed by atoms with E-state index >= 15 is 0 Å². The van der Waals surface area contributed by atoms with Gasteiger partial charge in [-0.2, -0.15) is 0 Å². The highest BCUT2D eigenvalue weighted by Crippen LogP contribution is 2.26. The number of thiophene rings is 1. The first-order chi connectivity index (χ1) is 11.8. The number of aryl methyl sites for hydroxylation is 3. The third kappa shape index (κ3) is 3.29. The van der Waals surface area contributed by atoms with Crippen LogP contribution in [0.5, 0.6) is 0 Å². The van der Waals surface area contributed by atoms with Crippen LogP contribution in [0.1, 0.15) is 35.0 Å². The predicted molar refractivity (Wildman–Crippen MR) is 97.5 cm³/mol. The standard InChI is InChI=1S/C16H17N3O4S2/c1-7-6-24-16(22)19(7)5-11(20)23-9(3)13-17-14(21)12-8(2)10(4)25-15(12)18-13/h6,9H,5H2,1-4H3,(H,17,18,21)/t9-/m0/s1. The van der Waals surface area contributed by atoms with E-state index in [0.29, 0.717) is 21.7 Å². The average Bonchev–Trinajstić information content (AvgIpc) is 3.01. The Kier molecular flexibility index (Phi) is 4.61. The number of ether oxygens (including phenoxy) is 1. The number of fused-ring (bicyclic) bond motifs is 1. The van der Waals surface area contributed by atoms with Crippen LogP contribution in [0.25, 0.3) is 10.2 Å². The summed E-state index contributed by atoms with van der Waals surface area (Å²) < 4.78 is 6.69. The zero-order chi connectivity index (χ0) is 18.3. The van der Waals surface area contributed by atoms with Crippen LogP contribution in [0, 0.1) is 20.8 Å². The maximum Gasteiger partial charge on any atom is 0.326 e. The lowest BCUT2D eigenvalue weighted by atomic mass is 10.2. The molecule has 1 N–H and O–H groups in total. The van der Waals surface area contributed by atoms with Gasteiger partial charge in [0.1, 0.15) is 11.4 Å². The second-order valence-corrected chi connectivity index (χ2v) is 7.80. The van der Waals surface area contributed by atoms with Gasteiger partial charge in [-0.3, -0.25) is 19.0 Å². The van der Waals surface area contributed by atoms with Crippen LogP contribution in [-0.4, -0.2) is 20.5 Å². The van der Waals surface area contributed by atoms with Crippen molar-refractivity contribution in [3.05, 3.63) is 47.4 Å². The fraction of sp³-hybridized carbons (Fsp3) is 0.375. The van der Waals surface area contributed by atoms with Crippen molar-refractivity contribution in [2.75, 3.05) is 0 Å². The minimum Gasteiger partial charge on any atom is -0.453 e. The number of thiazole rings is 1. The summed E-state index contributed by atoms with van der Waals surface area (Å²) in [5.41, 5.74) is 1.38. The lowest BCUT2D eigenvalue weighted by Crippen LogP contribution is -2.24. The minimum absolute atomic E-state index is 0.164. The summed E-state index contributed by atoms with van der Waals surface area (Å²) in [6, 6.07) is 0. The van der Waals surface area contributed by atoms with Gasteiger partial charge in [-0.1, -0.05) is 11.3 Å². The van der Waals surface area contributed by atoms with Crippen molar-refractivity contribution in [3.63, 3.8) is 0 Å². The molecule has 0 spiro atoms. The van der Waals surface area contributed by atoms with Crippen LogP contribution in [-0.2, 0) is 16.1 Å². The number of H-pyrrole nitrogens is 1. The molecule has 0 saturated heterocycles. The predicted octanol–water partition coefficient (Wildman–Crippen LogP) is 2.44. The van der Waals surface area contributed by atoms with E-state index in [-0.39, 0.29) is 17.0 Å². The van der Waals surface area contributed by atoms with E-state index in [2.05, 4.69) is 9.97 Å². The number of esters is 1. The molecule has 0 aliphatic rings. The van der Waals surface area contributed by atoms with Crippen molar-refractivity contribution in [2.24, 2.45) is 0 Å². The van der Waals surface area contributed by atoms with Crippen molar-refractivity contribution in [1.29, 1.82) is 0 Å². The molecule has 0 fully saturated rings. The van der Waals surface area contributed by atoms with Gasteiger partial charge in [0.2, 0.25) is 0 Å². The maximum absolute atomic E-state index is 12.3. The number of hydrogen-bond acceptors (Lipinski definition) is 7. The number of carbonyl (C=O) groups is 1. The molecule has 0 unspecified atom stereocenters. The number of hydrogen-bond donors (Lipinski definition) is 1. The molecular weight excluding hydrogens is 362 g/mol. The summed E-state index contributed by atoms with van der Waals surface area (Å²) >= 11 is 2.47. The van der Waals surface area contributed by atoms with Gasteiger partial charge < -0.3 is 9.72 Å². The summed E-state index contributed by atoms with van der Waals surface area (Å²) in [4.78, 5) is 44.6. The summed E-state index contributed by atoms with van der Waals surface area (Å²) in [5.74, 6) is -0.265. The first-order valence-corrected chi connectivity index (χ1v) is 9.32. The Morgan fingerprint density at radius 1 is 1.36 bits per heavy atom. The van der Waals surface area contributed by atoms with Crippen molar-refractivity contribution in [1.82, 2.24) is 14.5 Å². The summed E-state index contributed by atoms with van der Waals surface area (Å²) in [5, 5.41) is 2.26. The molecule has 0 radical (unpaired) electrons. The fourth-order valence-corrected chi connectivity index (χ4v) is 4.25. The molecule has 3 heterocycles. The van der Waals surface area contributed by atoms with Gasteiger partial charge in [0.05, 0.1) is 5.39 Å². The number of nitrogens with one attached hydrogen (secondary N) is 1. The Bertz CT molecular complexity index is 1070. The van der Waals surface area contributed by atoms with Crippen molar-refractivity contribution in [3.8, 4) is 0 Å². The molecule has 0 aliphatic heterocycles. The monoisotopic (exact) mass is 379 g/mol. The van der Waals surface area contributed by atoms with Gasteiger partial charge >= 0.3 is 10.8 Å². The van der Waals surface area contributed by atoms with E-state index in [1.807, 2.05) is 13.8 Å². The molecule has 3 aromatic rings. The Labute approximate surface area is 150 Å². The van der Waals surface area contributed by atoms with Crippen molar-refractivity contribution in [2.45, 2.75) is 40.3 Å². The Morgan fingerprint density at radius 3 is 2.72 bits per heavy atom. The molecular formula is C16H17N3O4S2. The Hall–Kier alpha value is -2.26. The molecule has 0 aromatic carbocycles. The Morgan fingerprint density at radius 2 is 2.08 bits per heavy atom. The molecule has 0 aliphatic carbocycles. The number of rotatable bonds is 4. The highest BCUT2D eigenvalue weighted by atomic mass is 32.1. The number of aromatic nitrogens is 3. The summed E-state index contributed by atoms with van der Waals surface area (Å²) in [6.07, 6.45) is -0.720. The van der Waals surface area contributed by atoms with Crippen molar-refractivity contribution >= 4 is 38.9 Å². The molecule has 7 nitrogen and oxygen atoms in total. The van der Waals surface area contributed by atoms with Crippen LogP contribution < -0.4 is 10.4 Å². The largest absolute Gasteiger partial charge is 0.453 e. The van der Waals surface area contributed by atoms with E-state index in [4.69, 9.17) is 4.74 Å². The fourth-order valence-electron chi connectivity index (χ4n) is 2.48. The van der Waals surface area contributed by atoms with Gasteiger partial charge in [0.25, 0.3) is 5.56 Å². The minimum atomic E-state index is -0.720. The molecule has 3 aromatic heterocycles. The second-order valence-electron chi connectivity index (χ2n) is 5.78. The van der Waals surface area contributed by atoms with E-state index < -0.39 is 12.1 Å². The van der Waals surface area contributed by atoms with Crippen LogP contribution in [0.3, 0.4) is 0 Å². The highest BCUT2D eigenvalue weighted by Gasteiger charge is 2.19. The maximum atomic E-state index is 12.3. The second kappa shape index (κ2) is 6.57.